The summed E-state index contributed by atoms with van der Waals surface area (Å²) in [5, 5.41) is 4.81. The van der Waals surface area contributed by atoms with Crippen molar-refractivity contribution >= 4 is 17.2 Å². The van der Waals surface area contributed by atoms with Crippen molar-refractivity contribution in [2.45, 2.75) is 39.7 Å². The van der Waals surface area contributed by atoms with Crippen molar-refractivity contribution in [2.24, 2.45) is 24.6 Å². The van der Waals surface area contributed by atoms with Gasteiger partial charge in [0.15, 0.2) is 0 Å². The predicted octanol–water partition coefficient (Wildman–Crippen LogP) is 1.64. The fourth-order valence-corrected chi connectivity index (χ4v) is 5.55. The molecule has 0 radical (unpaired) electrons. The van der Waals surface area contributed by atoms with E-state index in [4.69, 9.17) is 5.73 Å². The molecule has 1 aliphatic carbocycles. The number of nitrogens with two attached hydrogens (primary N) is 1. The minimum absolute atomic E-state index is 0.0121. The summed E-state index contributed by atoms with van der Waals surface area (Å²) in [5.74, 6) is 0.950. The lowest BCUT2D eigenvalue weighted by Crippen LogP contribution is -2.33. The van der Waals surface area contributed by atoms with E-state index in [9.17, 15) is 9.59 Å². The zero-order valence-corrected chi connectivity index (χ0v) is 17.0. The van der Waals surface area contributed by atoms with E-state index in [0.717, 1.165) is 37.2 Å². The number of carbonyl (C=O) groups is 1. The maximum absolute atomic E-state index is 13.1. The zero-order valence-electron chi connectivity index (χ0n) is 16.2. The molecule has 1 saturated carbocycles. The summed E-state index contributed by atoms with van der Waals surface area (Å²) in [6.45, 7) is 7.09. The Morgan fingerprint density at radius 2 is 1.93 bits per heavy atom. The standard InChI is InChI=1S/C19H25N5O2S/c1-9-10(2)22-23(4)18(25)15(9)17-21-11(3)16(27-17)19(26)24-7-12-5-6-14(20)13(12)8-24/h12-14H,5-8,20H2,1-4H3. The molecule has 0 aromatic carbocycles. The first-order valence-electron chi connectivity index (χ1n) is 9.35. The molecule has 144 valence electrons. The Kier molecular flexibility index (Phi) is 4.43. The molecule has 3 unspecified atom stereocenters. The maximum Gasteiger partial charge on any atom is 0.277 e. The molecular formula is C19H25N5O2S. The summed E-state index contributed by atoms with van der Waals surface area (Å²) >= 11 is 1.31. The van der Waals surface area contributed by atoms with Gasteiger partial charge < -0.3 is 10.6 Å². The lowest BCUT2D eigenvalue weighted by Gasteiger charge is -2.18. The van der Waals surface area contributed by atoms with Crippen molar-refractivity contribution < 1.29 is 4.79 Å². The van der Waals surface area contributed by atoms with Gasteiger partial charge in [0.2, 0.25) is 0 Å². The molecule has 8 heteroatoms. The fourth-order valence-electron chi connectivity index (χ4n) is 4.42. The van der Waals surface area contributed by atoms with Crippen molar-refractivity contribution in [1.29, 1.82) is 0 Å². The van der Waals surface area contributed by atoms with Gasteiger partial charge >= 0.3 is 0 Å². The minimum Gasteiger partial charge on any atom is -0.337 e. The quantitative estimate of drug-likeness (QED) is 0.845. The van der Waals surface area contributed by atoms with Crippen LogP contribution < -0.4 is 11.3 Å². The van der Waals surface area contributed by atoms with Crippen LogP contribution in [0.15, 0.2) is 4.79 Å². The van der Waals surface area contributed by atoms with Gasteiger partial charge in [0.05, 0.1) is 17.0 Å². The van der Waals surface area contributed by atoms with E-state index in [1.165, 1.54) is 16.0 Å². The third-order valence-corrected chi connectivity index (χ3v) is 7.29. The molecule has 1 aliphatic heterocycles. The van der Waals surface area contributed by atoms with Crippen molar-refractivity contribution in [2.75, 3.05) is 13.1 Å². The van der Waals surface area contributed by atoms with Gasteiger partial charge in [-0.2, -0.15) is 5.10 Å². The Balaban J connectivity index is 1.67. The number of likely N-dealkylation sites (tertiary alicyclic amines) is 1. The Bertz CT molecular complexity index is 979. The molecule has 4 rings (SSSR count). The maximum atomic E-state index is 13.1. The summed E-state index contributed by atoms with van der Waals surface area (Å²) in [6.07, 6.45) is 2.17. The Morgan fingerprint density at radius 1 is 1.19 bits per heavy atom. The van der Waals surface area contributed by atoms with Crippen molar-refractivity contribution in [1.82, 2.24) is 19.7 Å². The second kappa shape index (κ2) is 6.53. The van der Waals surface area contributed by atoms with Gasteiger partial charge in [-0.1, -0.05) is 0 Å². The summed E-state index contributed by atoms with van der Waals surface area (Å²) in [5.41, 5.74) is 8.83. The molecule has 2 aliphatic rings. The zero-order chi connectivity index (χ0) is 19.5. The number of fused-ring (bicyclic) bond motifs is 1. The lowest BCUT2D eigenvalue weighted by atomic mass is 9.98. The number of aryl methyl sites for hydroxylation is 3. The molecule has 0 spiro atoms. The predicted molar refractivity (Wildman–Crippen MR) is 105 cm³/mol. The van der Waals surface area contributed by atoms with Crippen molar-refractivity contribution in [3.63, 3.8) is 0 Å². The van der Waals surface area contributed by atoms with Crippen LogP contribution in [0.1, 0.15) is 39.5 Å². The van der Waals surface area contributed by atoms with Crippen LogP contribution in [0.25, 0.3) is 10.6 Å². The van der Waals surface area contributed by atoms with E-state index in [-0.39, 0.29) is 17.5 Å². The van der Waals surface area contributed by atoms with Gasteiger partial charge in [-0.25, -0.2) is 9.67 Å². The van der Waals surface area contributed by atoms with Crippen LogP contribution in [0.3, 0.4) is 0 Å². The monoisotopic (exact) mass is 387 g/mol. The summed E-state index contributed by atoms with van der Waals surface area (Å²) in [7, 11) is 1.64. The molecule has 0 bridgehead atoms. The number of rotatable bonds is 2. The largest absolute Gasteiger partial charge is 0.337 e. The summed E-state index contributed by atoms with van der Waals surface area (Å²) in [4.78, 5) is 32.8. The molecule has 3 atom stereocenters. The van der Waals surface area contributed by atoms with Crippen LogP contribution in [-0.2, 0) is 7.05 Å². The Labute approximate surface area is 162 Å². The van der Waals surface area contributed by atoms with Gasteiger partial charge in [0, 0.05) is 26.2 Å². The third kappa shape index (κ3) is 2.91. The van der Waals surface area contributed by atoms with E-state index in [1.807, 2.05) is 25.7 Å². The second-order valence-electron chi connectivity index (χ2n) is 7.82. The minimum atomic E-state index is -0.187. The molecule has 27 heavy (non-hydrogen) atoms. The van der Waals surface area contributed by atoms with Crippen molar-refractivity contribution in [3.8, 4) is 10.6 Å². The molecule has 2 aromatic rings. The molecule has 7 nitrogen and oxygen atoms in total. The normalized spacial score (nSPS) is 24.5. The van der Waals surface area contributed by atoms with Gasteiger partial charge in [-0.15, -0.1) is 11.3 Å². The first-order chi connectivity index (χ1) is 12.8. The highest BCUT2D eigenvalue weighted by Crippen LogP contribution is 2.38. The van der Waals surface area contributed by atoms with Crippen molar-refractivity contribution in [3.05, 3.63) is 32.2 Å². The number of aromatic nitrogens is 3. The summed E-state index contributed by atoms with van der Waals surface area (Å²) in [6, 6.07) is 0.205. The van der Waals surface area contributed by atoms with Crippen LogP contribution >= 0.6 is 11.3 Å². The molecule has 2 aromatic heterocycles. The van der Waals surface area contributed by atoms with E-state index < -0.39 is 0 Å². The van der Waals surface area contributed by atoms with Gasteiger partial charge in [-0.05, 0) is 51.0 Å². The summed E-state index contributed by atoms with van der Waals surface area (Å²) < 4.78 is 1.33. The molecule has 3 heterocycles. The van der Waals surface area contributed by atoms with Gasteiger partial charge in [-0.3, -0.25) is 9.59 Å². The van der Waals surface area contributed by atoms with E-state index in [0.29, 0.717) is 33.0 Å². The number of hydrogen-bond acceptors (Lipinski definition) is 6. The van der Waals surface area contributed by atoms with Crippen LogP contribution in [0.5, 0.6) is 0 Å². The highest BCUT2D eigenvalue weighted by atomic mass is 32.1. The number of nitrogens with zero attached hydrogens (tertiary/aromatic N) is 4. The van der Waals surface area contributed by atoms with E-state index >= 15 is 0 Å². The van der Waals surface area contributed by atoms with Gasteiger partial charge in [0.25, 0.3) is 11.5 Å². The Hall–Kier alpha value is -2.06. The molecule has 1 saturated heterocycles. The average Bonchev–Trinajstić information content (AvgIpc) is 3.29. The van der Waals surface area contributed by atoms with Crippen LogP contribution in [0.2, 0.25) is 0 Å². The van der Waals surface area contributed by atoms with Crippen LogP contribution in [0, 0.1) is 32.6 Å². The molecule has 2 N–H and O–H groups in total. The molecule has 1 amide bonds. The Morgan fingerprint density at radius 3 is 2.63 bits per heavy atom. The third-order valence-electron chi connectivity index (χ3n) is 6.13. The number of carbonyl (C=O) groups excluding carboxylic acids is 1. The molecule has 2 fully saturated rings. The molecular weight excluding hydrogens is 362 g/mol. The smallest absolute Gasteiger partial charge is 0.277 e. The van der Waals surface area contributed by atoms with E-state index in [1.54, 1.807) is 7.05 Å². The average molecular weight is 388 g/mol. The second-order valence-corrected chi connectivity index (χ2v) is 8.82. The fraction of sp³-hybridized carbons (Fsp3) is 0.579. The topological polar surface area (TPSA) is 94.1 Å². The highest BCUT2D eigenvalue weighted by Gasteiger charge is 2.43. The number of hydrogen-bond donors (Lipinski definition) is 1. The lowest BCUT2D eigenvalue weighted by molar-refractivity contribution is 0.0783. The van der Waals surface area contributed by atoms with E-state index in [2.05, 4.69) is 10.1 Å². The first-order valence-corrected chi connectivity index (χ1v) is 10.2. The van der Waals surface area contributed by atoms with Crippen LogP contribution in [-0.4, -0.2) is 44.7 Å². The first kappa shape index (κ1) is 18.3. The number of amides is 1. The highest BCUT2D eigenvalue weighted by molar-refractivity contribution is 7.17. The number of thiazole rings is 1. The van der Waals surface area contributed by atoms with Gasteiger partial charge in [0.1, 0.15) is 9.88 Å². The van der Waals surface area contributed by atoms with Crippen LogP contribution in [0.4, 0.5) is 0 Å². The SMILES string of the molecule is Cc1nc(-c2c(C)c(C)nn(C)c2=O)sc1C(=O)N1CC2CCC(N)C2C1.